The van der Waals surface area contributed by atoms with Crippen molar-refractivity contribution in [3.63, 3.8) is 0 Å². The minimum atomic E-state index is 0. The average molecular weight is 738 g/mol. The van der Waals surface area contributed by atoms with Gasteiger partial charge in [-0.3, -0.25) is 5.41 Å². The zero-order valence-corrected chi connectivity index (χ0v) is 31.2. The van der Waals surface area contributed by atoms with E-state index in [9.17, 15) is 0 Å². The number of fused-ring (bicyclic) bond motifs is 2. The molecule has 2 aromatic heterocycles. The molecule has 2 heterocycles. The number of benzene rings is 4. The standard InChI is InChI=1S/2C21H23N.C2H6N2.Ru/c2*1-2-3-4-5-8-17-11-13-19(14-12-17)21-16-15-18-9-6-7-10-20(18)22-21;1-2(3)4;/h2*6-7,9-16H,2-5,8H2,1H3;1H3,(H3,3,4);. The maximum Gasteiger partial charge on any atom is 0.0873 e. The van der Waals surface area contributed by atoms with Crippen molar-refractivity contribution in [2.24, 2.45) is 5.73 Å². The third-order valence-corrected chi connectivity index (χ3v) is 8.33. The number of para-hydroxylation sites is 2. The molecule has 6 aromatic rings. The van der Waals surface area contributed by atoms with Gasteiger partial charge in [0, 0.05) is 41.4 Å². The van der Waals surface area contributed by atoms with Gasteiger partial charge in [-0.05, 0) is 68.0 Å². The molecule has 0 aliphatic heterocycles. The first-order valence-electron chi connectivity index (χ1n) is 17.7. The van der Waals surface area contributed by atoms with E-state index < -0.39 is 0 Å². The Hall–Kier alpha value is -4.21. The number of nitrogens with zero attached hydrogens (tertiary/aromatic N) is 2. The molecule has 4 aromatic carbocycles. The Bertz CT molecular complexity index is 1700. The Kier molecular flexibility index (Phi) is 17.4. The molecule has 0 saturated heterocycles. The second-order valence-electron chi connectivity index (χ2n) is 12.5. The van der Waals surface area contributed by atoms with Crippen LogP contribution in [0.25, 0.3) is 44.3 Å². The third kappa shape index (κ3) is 13.3. The Morgan fingerprint density at radius 3 is 1.24 bits per heavy atom. The molecule has 0 bridgehead atoms. The van der Waals surface area contributed by atoms with Crippen LogP contribution < -0.4 is 5.73 Å². The van der Waals surface area contributed by atoms with Gasteiger partial charge in [0.2, 0.25) is 0 Å². The SMILES string of the molecule is CC(=N)N.CCCCCCc1ccc(-c2ccc3ccccc3n2)cc1.CCCCCCc1ccc(-c2ccc3ccccc3n2)cc1.[Ru]. The Balaban J connectivity index is 0.000000235. The minimum Gasteiger partial charge on any atom is -0.388 e. The molecule has 0 radical (unpaired) electrons. The molecule has 49 heavy (non-hydrogen) atoms. The van der Waals surface area contributed by atoms with Gasteiger partial charge in [0.1, 0.15) is 0 Å². The first-order chi connectivity index (χ1) is 23.5. The van der Waals surface area contributed by atoms with Crippen LogP contribution in [0.1, 0.15) is 83.3 Å². The van der Waals surface area contributed by atoms with Crippen molar-refractivity contribution < 1.29 is 19.5 Å². The Morgan fingerprint density at radius 1 is 0.510 bits per heavy atom. The number of rotatable bonds is 12. The van der Waals surface area contributed by atoms with Gasteiger partial charge in [-0.2, -0.15) is 0 Å². The summed E-state index contributed by atoms with van der Waals surface area (Å²) in [5, 5.41) is 8.66. The van der Waals surface area contributed by atoms with E-state index in [4.69, 9.17) is 21.1 Å². The Morgan fingerprint density at radius 2 is 0.878 bits per heavy atom. The maximum absolute atomic E-state index is 6.28. The number of aryl methyl sites for hydroxylation is 2. The number of unbranched alkanes of at least 4 members (excludes halogenated alkanes) is 6. The van der Waals surface area contributed by atoms with E-state index in [1.807, 2.05) is 12.1 Å². The van der Waals surface area contributed by atoms with E-state index in [-0.39, 0.29) is 25.3 Å². The number of hydrogen-bond donors (Lipinski definition) is 2. The van der Waals surface area contributed by atoms with Crippen LogP contribution in [0.2, 0.25) is 0 Å². The fourth-order valence-corrected chi connectivity index (χ4v) is 5.65. The number of nitrogens with two attached hydrogens (primary N) is 1. The molecule has 5 heteroatoms. The molecule has 0 aliphatic carbocycles. The molecular weight excluding hydrogens is 686 g/mol. The van der Waals surface area contributed by atoms with Crippen molar-refractivity contribution >= 4 is 27.6 Å². The van der Waals surface area contributed by atoms with E-state index in [1.54, 1.807) is 0 Å². The zero-order chi connectivity index (χ0) is 34.0. The van der Waals surface area contributed by atoms with Crippen LogP contribution in [-0.2, 0) is 32.3 Å². The fraction of sp³-hybridized carbons (Fsp3) is 0.295. The van der Waals surface area contributed by atoms with E-state index in [0.29, 0.717) is 0 Å². The van der Waals surface area contributed by atoms with Crippen LogP contribution in [0.4, 0.5) is 0 Å². The smallest absolute Gasteiger partial charge is 0.0873 e. The van der Waals surface area contributed by atoms with Crippen molar-refractivity contribution in [3.05, 3.63) is 132 Å². The number of pyridine rings is 2. The van der Waals surface area contributed by atoms with Crippen LogP contribution in [0, 0.1) is 5.41 Å². The summed E-state index contributed by atoms with van der Waals surface area (Å²) in [6.45, 7) is 6.04. The summed E-state index contributed by atoms with van der Waals surface area (Å²) in [6.07, 6.45) is 12.9. The van der Waals surface area contributed by atoms with Crippen molar-refractivity contribution in [3.8, 4) is 22.5 Å². The van der Waals surface area contributed by atoms with Crippen molar-refractivity contribution in [2.45, 2.75) is 85.0 Å². The quantitative estimate of drug-likeness (QED) is 0.0568. The van der Waals surface area contributed by atoms with E-state index >= 15 is 0 Å². The van der Waals surface area contributed by atoms with Gasteiger partial charge in [0.25, 0.3) is 0 Å². The van der Waals surface area contributed by atoms with E-state index in [1.165, 1.54) is 104 Å². The van der Waals surface area contributed by atoms with Crippen LogP contribution >= 0.6 is 0 Å². The van der Waals surface area contributed by atoms with Gasteiger partial charge in [0.05, 0.1) is 28.3 Å². The molecule has 0 fully saturated rings. The molecule has 256 valence electrons. The average Bonchev–Trinajstić information content (AvgIpc) is 3.12. The van der Waals surface area contributed by atoms with Gasteiger partial charge in [0.15, 0.2) is 0 Å². The van der Waals surface area contributed by atoms with Crippen LogP contribution in [0.3, 0.4) is 0 Å². The van der Waals surface area contributed by atoms with Crippen molar-refractivity contribution in [1.29, 1.82) is 5.41 Å². The summed E-state index contributed by atoms with van der Waals surface area (Å²) in [4.78, 5) is 9.52. The summed E-state index contributed by atoms with van der Waals surface area (Å²) < 4.78 is 0. The second-order valence-corrected chi connectivity index (χ2v) is 12.5. The zero-order valence-electron chi connectivity index (χ0n) is 29.4. The summed E-state index contributed by atoms with van der Waals surface area (Å²) >= 11 is 0. The first-order valence-corrected chi connectivity index (χ1v) is 17.7. The van der Waals surface area contributed by atoms with Crippen LogP contribution in [0.5, 0.6) is 0 Å². The normalized spacial score (nSPS) is 10.3. The maximum atomic E-state index is 6.28. The summed E-state index contributed by atoms with van der Waals surface area (Å²) in [7, 11) is 0. The predicted molar refractivity (Wildman–Crippen MR) is 208 cm³/mol. The minimum absolute atomic E-state index is 0. The third-order valence-electron chi connectivity index (χ3n) is 8.33. The summed E-state index contributed by atoms with van der Waals surface area (Å²) in [5.41, 5.74) is 14.2. The van der Waals surface area contributed by atoms with Gasteiger partial charge in [-0.15, -0.1) is 0 Å². The van der Waals surface area contributed by atoms with Gasteiger partial charge in [-0.1, -0.05) is 149 Å². The second kappa shape index (κ2) is 21.7. The van der Waals surface area contributed by atoms with Gasteiger partial charge < -0.3 is 5.73 Å². The monoisotopic (exact) mass is 738 g/mol. The van der Waals surface area contributed by atoms with E-state index in [0.717, 1.165) is 22.4 Å². The molecule has 0 amide bonds. The molecular formula is C44H52N4Ru. The van der Waals surface area contributed by atoms with E-state index in [2.05, 4.69) is 123 Å². The van der Waals surface area contributed by atoms with Gasteiger partial charge in [-0.25, -0.2) is 9.97 Å². The number of aromatic nitrogens is 2. The van der Waals surface area contributed by atoms with Crippen LogP contribution in [-0.4, -0.2) is 15.8 Å². The topological polar surface area (TPSA) is 75.7 Å². The molecule has 0 atom stereocenters. The predicted octanol–water partition coefficient (Wildman–Crippen LogP) is 12.0. The van der Waals surface area contributed by atoms with Crippen molar-refractivity contribution in [2.75, 3.05) is 0 Å². The number of nitrogens with one attached hydrogen (secondary N) is 1. The van der Waals surface area contributed by atoms with Crippen molar-refractivity contribution in [1.82, 2.24) is 9.97 Å². The Labute approximate surface area is 306 Å². The molecule has 0 saturated carbocycles. The largest absolute Gasteiger partial charge is 0.388 e. The molecule has 0 unspecified atom stereocenters. The molecule has 4 nitrogen and oxygen atoms in total. The van der Waals surface area contributed by atoms with Crippen LogP contribution in [0.15, 0.2) is 121 Å². The first kappa shape index (κ1) is 39.2. The number of amidine groups is 1. The number of hydrogen-bond acceptors (Lipinski definition) is 3. The molecule has 3 N–H and O–H groups in total. The summed E-state index contributed by atoms with van der Waals surface area (Å²) in [6, 6.07) is 42.8. The van der Waals surface area contributed by atoms with Gasteiger partial charge >= 0.3 is 0 Å². The molecule has 6 rings (SSSR count). The molecule has 0 aliphatic rings. The fourth-order valence-electron chi connectivity index (χ4n) is 5.65. The summed E-state index contributed by atoms with van der Waals surface area (Å²) in [5.74, 6) is 0.167. The molecule has 0 spiro atoms.